The molecule has 0 saturated carbocycles. The van der Waals surface area contributed by atoms with E-state index in [1.165, 1.54) is 0 Å². The molecule has 0 bridgehead atoms. The molecule has 0 atom stereocenters. The molecular formula is H4I3MnO2. The van der Waals surface area contributed by atoms with E-state index in [4.69, 9.17) is 0 Å². The van der Waals surface area contributed by atoms with Gasteiger partial charge in [0.05, 0.1) is 0 Å². The van der Waals surface area contributed by atoms with Crippen molar-refractivity contribution in [1.29, 1.82) is 0 Å². The van der Waals surface area contributed by atoms with Crippen molar-refractivity contribution < 1.29 is 15.1 Å². The summed E-state index contributed by atoms with van der Waals surface area (Å²) in [5.74, 6) is 0. The molecule has 2 nitrogen and oxygen atoms in total. The number of hydrogen-bond donors (Lipinski definition) is 0. The predicted molar refractivity (Wildman–Crippen MR) is 49.3 cm³/mol. The summed E-state index contributed by atoms with van der Waals surface area (Å²) in [7, 11) is 0. The first-order chi connectivity index (χ1) is 1.73. The van der Waals surface area contributed by atoms with Crippen LogP contribution in [-0.2, 0) is 4.15 Å². The Bertz CT molecular complexity index is 13.5. The summed E-state index contributed by atoms with van der Waals surface area (Å²) in [5, 5.41) is 0. The fraction of sp³-hybridized carbons (Fsp3) is 0. The van der Waals surface area contributed by atoms with Crippen LogP contribution in [0.4, 0.5) is 0 Å². The van der Waals surface area contributed by atoms with E-state index in [1.807, 2.05) is 0 Å². The van der Waals surface area contributed by atoms with Gasteiger partial charge < -0.3 is 11.0 Å². The van der Waals surface area contributed by atoms with Crippen LogP contribution in [0.15, 0.2) is 0 Å². The van der Waals surface area contributed by atoms with Crippen molar-refractivity contribution in [2.75, 3.05) is 0 Å². The summed E-state index contributed by atoms with van der Waals surface area (Å²) in [5.41, 5.74) is 0. The Labute approximate surface area is 74.5 Å². The summed E-state index contributed by atoms with van der Waals surface area (Å²) in [4.78, 5) is 0. The molecule has 0 spiro atoms. The normalized spacial score (nSPS) is 7.50. The molecule has 4 N–H and O–H groups in total. The van der Waals surface area contributed by atoms with Gasteiger partial charge in [0.25, 0.3) is 0 Å². The van der Waals surface area contributed by atoms with Crippen LogP contribution >= 0.6 is 61.0 Å². The van der Waals surface area contributed by atoms with Crippen molar-refractivity contribution in [3.63, 3.8) is 0 Å². The van der Waals surface area contributed by atoms with Crippen molar-refractivity contribution in [3.8, 4) is 0 Å². The van der Waals surface area contributed by atoms with Crippen LogP contribution in [0.1, 0.15) is 0 Å². The monoisotopic (exact) mass is 472 g/mol. The minimum atomic E-state index is 0. The van der Waals surface area contributed by atoms with Gasteiger partial charge in [-0.15, -0.1) is 0 Å². The first-order valence-corrected chi connectivity index (χ1v) is 11.9. The molecule has 0 unspecified atom stereocenters. The minimum absolute atomic E-state index is 0. The van der Waals surface area contributed by atoms with Gasteiger partial charge in [0, 0.05) is 0 Å². The van der Waals surface area contributed by atoms with E-state index in [2.05, 4.69) is 61.0 Å². The fourth-order valence-corrected chi connectivity index (χ4v) is 0. The van der Waals surface area contributed by atoms with Gasteiger partial charge in [0.1, 0.15) is 0 Å². The molecule has 0 aromatic heterocycles. The van der Waals surface area contributed by atoms with Crippen LogP contribution in [0.2, 0.25) is 0 Å². The van der Waals surface area contributed by atoms with Gasteiger partial charge >= 0.3 is 65.2 Å². The molecule has 0 aromatic carbocycles. The van der Waals surface area contributed by atoms with E-state index in [9.17, 15) is 0 Å². The molecule has 6 heavy (non-hydrogen) atoms. The van der Waals surface area contributed by atoms with Crippen LogP contribution in [0.25, 0.3) is 0 Å². The number of hydrogen-bond acceptors (Lipinski definition) is 0. The second-order valence-corrected chi connectivity index (χ2v) is 30.1. The average molecular weight is 472 g/mol. The summed E-state index contributed by atoms with van der Waals surface area (Å²) < 4.78 is 0.0142. The Morgan fingerprint density at radius 1 is 0.833 bits per heavy atom. The van der Waals surface area contributed by atoms with Crippen LogP contribution in [0.3, 0.4) is 0 Å². The zero-order valence-corrected chi connectivity index (χ0v) is 10.2. The Morgan fingerprint density at radius 3 is 0.833 bits per heavy atom. The maximum absolute atomic E-state index is 2.42. The average Bonchev–Trinajstić information content (AvgIpc) is 0.811. The maximum atomic E-state index is 2.42. The molecule has 0 saturated heterocycles. The summed E-state index contributed by atoms with van der Waals surface area (Å²) >= 11 is 7.26. The molecule has 44 valence electrons. The fourth-order valence-electron chi connectivity index (χ4n) is 0. The van der Waals surface area contributed by atoms with Crippen LogP contribution in [0, 0.1) is 0 Å². The van der Waals surface area contributed by atoms with Gasteiger partial charge in [-0.05, 0) is 0 Å². The topological polar surface area (TPSA) is 63.0 Å². The van der Waals surface area contributed by atoms with Crippen molar-refractivity contribution in [3.05, 3.63) is 0 Å². The molecule has 0 rings (SSSR count). The molecule has 0 aromatic rings. The third-order valence-electron chi connectivity index (χ3n) is 0. The van der Waals surface area contributed by atoms with Gasteiger partial charge in [-0.1, -0.05) is 0 Å². The molecule has 0 heterocycles. The third-order valence-corrected chi connectivity index (χ3v) is 0. The first-order valence-electron chi connectivity index (χ1n) is 0.429. The number of halogens is 3. The van der Waals surface area contributed by atoms with Gasteiger partial charge in [-0.25, -0.2) is 0 Å². The molecule has 0 fully saturated rings. The summed E-state index contributed by atoms with van der Waals surface area (Å²) in [6, 6.07) is 0. The van der Waals surface area contributed by atoms with Gasteiger partial charge in [-0.2, -0.15) is 0 Å². The molecule has 6 heteroatoms. The Hall–Kier alpha value is 2.63. The van der Waals surface area contributed by atoms with Crippen LogP contribution in [0.5, 0.6) is 0 Å². The zero-order valence-electron chi connectivity index (χ0n) is 2.51. The van der Waals surface area contributed by atoms with Crippen molar-refractivity contribution >= 4 is 61.0 Å². The molecule has 0 radical (unpaired) electrons. The second kappa shape index (κ2) is 10.6. The van der Waals surface area contributed by atoms with Gasteiger partial charge in [0.2, 0.25) is 0 Å². The first kappa shape index (κ1) is 15.9. The standard InChI is InChI=1S/3HI.Mn.2H2O/h3*1H;;2*1H2/q;;;+3;;/p-3. The van der Waals surface area contributed by atoms with E-state index >= 15 is 0 Å². The van der Waals surface area contributed by atoms with Crippen LogP contribution < -0.4 is 0 Å². The number of rotatable bonds is 0. The molecule has 0 aliphatic rings. The van der Waals surface area contributed by atoms with E-state index in [0.717, 1.165) is 0 Å². The second-order valence-electron chi connectivity index (χ2n) is 0.162. The molecular weight excluding hydrogens is 468 g/mol. The Balaban J connectivity index is -0.0000000450. The van der Waals surface area contributed by atoms with E-state index < -0.39 is 0 Å². The third kappa shape index (κ3) is 30.4. The van der Waals surface area contributed by atoms with Crippen LogP contribution in [-0.4, -0.2) is 11.0 Å². The SMILES string of the molecule is O.O.[I][Mn]([I])[I]. The predicted octanol–water partition coefficient (Wildman–Crippen LogP) is 1.01. The summed E-state index contributed by atoms with van der Waals surface area (Å²) in [6.45, 7) is 0. The van der Waals surface area contributed by atoms with E-state index in [0.29, 0.717) is 0 Å². The van der Waals surface area contributed by atoms with E-state index in [1.54, 1.807) is 0 Å². The Morgan fingerprint density at radius 2 is 0.833 bits per heavy atom. The quantitative estimate of drug-likeness (QED) is 0.374. The van der Waals surface area contributed by atoms with Gasteiger partial charge in [-0.3, -0.25) is 0 Å². The zero-order chi connectivity index (χ0) is 3.58. The van der Waals surface area contributed by atoms with Crippen molar-refractivity contribution in [2.24, 2.45) is 0 Å². The van der Waals surface area contributed by atoms with E-state index in [-0.39, 0.29) is 15.1 Å². The summed E-state index contributed by atoms with van der Waals surface area (Å²) in [6.07, 6.45) is 0. The van der Waals surface area contributed by atoms with Crippen molar-refractivity contribution in [1.82, 2.24) is 0 Å². The molecule has 0 amide bonds. The Kier molecular flexibility index (Phi) is 28.0. The molecule has 0 aliphatic carbocycles. The van der Waals surface area contributed by atoms with Gasteiger partial charge in [0.15, 0.2) is 0 Å². The van der Waals surface area contributed by atoms with Crippen molar-refractivity contribution in [2.45, 2.75) is 0 Å². The molecule has 0 aliphatic heterocycles.